The molecule has 0 atom stereocenters. The summed E-state index contributed by atoms with van der Waals surface area (Å²) < 4.78 is 0. The second-order valence-electron chi connectivity index (χ2n) is 3.04. The molecular weight excluding hydrogens is 262 g/mol. The molecule has 0 unspecified atom stereocenters. The SMILES string of the molecule is O=C(Cc1ccc(O)c(O)c1)NCCBr. The van der Waals surface area contributed by atoms with Crippen LogP contribution in [-0.2, 0) is 11.2 Å². The summed E-state index contributed by atoms with van der Waals surface area (Å²) in [5.41, 5.74) is 0.664. The molecule has 15 heavy (non-hydrogen) atoms. The van der Waals surface area contributed by atoms with Gasteiger partial charge in [0.05, 0.1) is 6.42 Å². The normalized spacial score (nSPS) is 9.93. The van der Waals surface area contributed by atoms with Crippen LogP contribution in [0.4, 0.5) is 0 Å². The van der Waals surface area contributed by atoms with Crippen LogP contribution in [0.1, 0.15) is 5.56 Å². The molecule has 3 N–H and O–H groups in total. The number of phenolic OH excluding ortho intramolecular Hbond substituents is 2. The maximum Gasteiger partial charge on any atom is 0.224 e. The van der Waals surface area contributed by atoms with Crippen LogP contribution in [0.2, 0.25) is 0 Å². The number of rotatable bonds is 4. The number of carbonyl (C=O) groups is 1. The van der Waals surface area contributed by atoms with Gasteiger partial charge in [-0.3, -0.25) is 4.79 Å². The number of alkyl halides is 1. The minimum Gasteiger partial charge on any atom is -0.504 e. The largest absolute Gasteiger partial charge is 0.504 e. The Morgan fingerprint density at radius 1 is 1.33 bits per heavy atom. The molecule has 0 radical (unpaired) electrons. The highest BCUT2D eigenvalue weighted by molar-refractivity contribution is 9.09. The molecule has 0 spiro atoms. The van der Waals surface area contributed by atoms with Gasteiger partial charge in [-0.25, -0.2) is 0 Å². The summed E-state index contributed by atoms with van der Waals surface area (Å²) in [4.78, 5) is 11.3. The van der Waals surface area contributed by atoms with Crippen LogP contribution in [0.25, 0.3) is 0 Å². The van der Waals surface area contributed by atoms with Crippen molar-refractivity contribution in [2.75, 3.05) is 11.9 Å². The van der Waals surface area contributed by atoms with Crippen LogP contribution in [0, 0.1) is 0 Å². The number of phenols is 2. The number of benzene rings is 1. The van der Waals surface area contributed by atoms with E-state index in [2.05, 4.69) is 21.2 Å². The summed E-state index contributed by atoms with van der Waals surface area (Å²) in [6.07, 6.45) is 0.195. The number of aromatic hydroxyl groups is 2. The van der Waals surface area contributed by atoms with Crippen molar-refractivity contribution >= 4 is 21.8 Å². The van der Waals surface area contributed by atoms with Gasteiger partial charge in [-0.2, -0.15) is 0 Å². The van der Waals surface area contributed by atoms with Crippen molar-refractivity contribution in [3.63, 3.8) is 0 Å². The first-order valence-electron chi connectivity index (χ1n) is 4.47. The predicted octanol–water partition coefficient (Wildman–Crippen LogP) is 1.15. The molecule has 1 aromatic carbocycles. The second-order valence-corrected chi connectivity index (χ2v) is 3.83. The summed E-state index contributed by atoms with van der Waals surface area (Å²) in [6.45, 7) is 0.572. The number of carbonyl (C=O) groups excluding carboxylic acids is 1. The zero-order chi connectivity index (χ0) is 11.3. The van der Waals surface area contributed by atoms with Gasteiger partial charge in [0.1, 0.15) is 0 Å². The molecule has 5 heteroatoms. The monoisotopic (exact) mass is 273 g/mol. The van der Waals surface area contributed by atoms with Crippen LogP contribution in [0.5, 0.6) is 11.5 Å². The molecule has 0 aromatic heterocycles. The molecule has 0 saturated heterocycles. The zero-order valence-corrected chi connectivity index (χ0v) is 9.62. The van der Waals surface area contributed by atoms with Crippen LogP contribution in [0.3, 0.4) is 0 Å². The molecule has 0 heterocycles. The zero-order valence-electron chi connectivity index (χ0n) is 8.03. The van der Waals surface area contributed by atoms with E-state index in [0.29, 0.717) is 17.4 Å². The van der Waals surface area contributed by atoms with E-state index in [4.69, 9.17) is 5.11 Å². The van der Waals surface area contributed by atoms with E-state index in [1.165, 1.54) is 12.1 Å². The van der Waals surface area contributed by atoms with Crippen LogP contribution >= 0.6 is 15.9 Å². The van der Waals surface area contributed by atoms with Crippen molar-refractivity contribution in [3.05, 3.63) is 23.8 Å². The minimum absolute atomic E-state index is 0.112. The number of halogens is 1. The van der Waals surface area contributed by atoms with Crippen LogP contribution in [-0.4, -0.2) is 28.0 Å². The van der Waals surface area contributed by atoms with Gasteiger partial charge in [-0.05, 0) is 17.7 Å². The second kappa shape index (κ2) is 5.60. The lowest BCUT2D eigenvalue weighted by molar-refractivity contribution is -0.120. The molecule has 0 saturated carbocycles. The summed E-state index contributed by atoms with van der Waals surface area (Å²) in [7, 11) is 0. The van der Waals surface area contributed by atoms with E-state index in [1.807, 2.05) is 0 Å². The third kappa shape index (κ3) is 3.79. The molecule has 0 aliphatic rings. The predicted molar refractivity (Wildman–Crippen MR) is 60.3 cm³/mol. The summed E-state index contributed by atoms with van der Waals surface area (Å²) >= 11 is 3.20. The lowest BCUT2D eigenvalue weighted by Crippen LogP contribution is -2.26. The van der Waals surface area contributed by atoms with E-state index in [1.54, 1.807) is 6.07 Å². The van der Waals surface area contributed by atoms with Gasteiger partial charge in [0, 0.05) is 11.9 Å². The lowest BCUT2D eigenvalue weighted by Gasteiger charge is -2.04. The Kier molecular flexibility index (Phi) is 4.42. The van der Waals surface area contributed by atoms with Crippen molar-refractivity contribution in [1.29, 1.82) is 0 Å². The van der Waals surface area contributed by atoms with Gasteiger partial charge in [0.15, 0.2) is 11.5 Å². The fraction of sp³-hybridized carbons (Fsp3) is 0.300. The van der Waals surface area contributed by atoms with E-state index >= 15 is 0 Å². The van der Waals surface area contributed by atoms with Crippen molar-refractivity contribution in [2.45, 2.75) is 6.42 Å². The third-order valence-corrected chi connectivity index (χ3v) is 2.22. The molecule has 0 aliphatic carbocycles. The Labute approximate surface area is 96.1 Å². The van der Waals surface area contributed by atoms with Crippen LogP contribution in [0.15, 0.2) is 18.2 Å². The maximum atomic E-state index is 11.3. The van der Waals surface area contributed by atoms with E-state index < -0.39 is 0 Å². The van der Waals surface area contributed by atoms with Crippen molar-refractivity contribution < 1.29 is 15.0 Å². The number of nitrogens with one attached hydrogen (secondary N) is 1. The van der Waals surface area contributed by atoms with Gasteiger partial charge in [0.25, 0.3) is 0 Å². The minimum atomic E-state index is -0.208. The average Bonchev–Trinajstić information content (AvgIpc) is 2.20. The maximum absolute atomic E-state index is 11.3. The fourth-order valence-corrected chi connectivity index (χ4v) is 1.31. The highest BCUT2D eigenvalue weighted by atomic mass is 79.9. The number of amides is 1. The first-order chi connectivity index (χ1) is 7.13. The highest BCUT2D eigenvalue weighted by Crippen LogP contribution is 2.24. The molecular formula is C10H12BrNO3. The Bertz CT molecular complexity index is 355. The van der Waals surface area contributed by atoms with Gasteiger partial charge in [-0.15, -0.1) is 0 Å². The quantitative estimate of drug-likeness (QED) is 0.570. The Morgan fingerprint density at radius 3 is 2.67 bits per heavy atom. The molecule has 4 nitrogen and oxygen atoms in total. The molecule has 1 aromatic rings. The topological polar surface area (TPSA) is 69.6 Å². The smallest absolute Gasteiger partial charge is 0.224 e. The van der Waals surface area contributed by atoms with Crippen LogP contribution < -0.4 is 5.32 Å². The van der Waals surface area contributed by atoms with Crippen molar-refractivity contribution in [1.82, 2.24) is 5.32 Å². The Hall–Kier alpha value is -1.23. The summed E-state index contributed by atoms with van der Waals surface area (Å²) in [5, 5.41) is 21.7. The Balaban J connectivity index is 2.57. The molecule has 1 rings (SSSR count). The number of hydrogen-bond donors (Lipinski definition) is 3. The molecule has 1 amide bonds. The molecule has 0 bridgehead atoms. The van der Waals surface area contributed by atoms with Crippen molar-refractivity contribution in [3.8, 4) is 11.5 Å². The van der Waals surface area contributed by atoms with E-state index in [9.17, 15) is 9.90 Å². The van der Waals surface area contributed by atoms with Gasteiger partial charge >= 0.3 is 0 Å². The highest BCUT2D eigenvalue weighted by Gasteiger charge is 2.05. The lowest BCUT2D eigenvalue weighted by atomic mass is 10.1. The standard InChI is InChI=1S/C10H12BrNO3/c11-3-4-12-10(15)6-7-1-2-8(13)9(14)5-7/h1-2,5,13-14H,3-4,6H2,(H,12,15). The average molecular weight is 274 g/mol. The third-order valence-electron chi connectivity index (χ3n) is 1.82. The summed E-state index contributed by atoms with van der Waals surface area (Å²) in [5.74, 6) is -0.500. The van der Waals surface area contributed by atoms with E-state index in [-0.39, 0.29) is 23.8 Å². The molecule has 0 aliphatic heterocycles. The fourth-order valence-electron chi connectivity index (χ4n) is 1.11. The molecule has 82 valence electrons. The number of hydrogen-bond acceptors (Lipinski definition) is 3. The van der Waals surface area contributed by atoms with Crippen molar-refractivity contribution in [2.24, 2.45) is 0 Å². The first-order valence-corrected chi connectivity index (χ1v) is 5.59. The Morgan fingerprint density at radius 2 is 2.07 bits per heavy atom. The van der Waals surface area contributed by atoms with Gasteiger partial charge in [0.2, 0.25) is 5.91 Å². The van der Waals surface area contributed by atoms with E-state index in [0.717, 1.165) is 0 Å². The summed E-state index contributed by atoms with van der Waals surface area (Å²) in [6, 6.07) is 4.34. The molecule has 0 fully saturated rings. The van der Waals surface area contributed by atoms with Gasteiger partial charge in [-0.1, -0.05) is 22.0 Å². The van der Waals surface area contributed by atoms with Gasteiger partial charge < -0.3 is 15.5 Å². The first kappa shape index (κ1) is 11.8.